The maximum atomic E-state index is 4.14. The van der Waals surface area contributed by atoms with Gasteiger partial charge in [0.15, 0.2) is 0 Å². The van der Waals surface area contributed by atoms with Crippen LogP contribution in [0.15, 0.2) is 24.8 Å². The summed E-state index contributed by atoms with van der Waals surface area (Å²) in [5.74, 6) is 0.862. The lowest BCUT2D eigenvalue weighted by atomic mass is 10.3. The lowest BCUT2D eigenvalue weighted by molar-refractivity contribution is 0.806. The summed E-state index contributed by atoms with van der Waals surface area (Å²) < 4.78 is 2.02. The van der Waals surface area contributed by atoms with Crippen LogP contribution in [0.2, 0.25) is 0 Å². The Bertz CT molecular complexity index is 362. The molecule has 0 amide bonds. The van der Waals surface area contributed by atoms with E-state index in [1.807, 2.05) is 24.0 Å². The molecule has 0 aliphatic rings. The molecule has 68 valence electrons. The molecule has 0 saturated carbocycles. The zero-order valence-electron chi connectivity index (χ0n) is 7.36. The quantitative estimate of drug-likeness (QED) is 0.725. The number of aromatic amines is 1. The number of rotatable bonds is 3. The van der Waals surface area contributed by atoms with E-state index in [-0.39, 0.29) is 0 Å². The van der Waals surface area contributed by atoms with Crippen LogP contribution < -0.4 is 5.32 Å². The number of hydrogen-bond acceptors (Lipinski definition) is 3. The van der Waals surface area contributed by atoms with E-state index >= 15 is 0 Å². The van der Waals surface area contributed by atoms with E-state index in [0.29, 0.717) is 0 Å². The molecule has 0 aliphatic heterocycles. The summed E-state index contributed by atoms with van der Waals surface area (Å²) in [6.07, 6.45) is 7.38. The minimum absolute atomic E-state index is 0.784. The maximum absolute atomic E-state index is 4.14. The average Bonchev–Trinajstić information content (AvgIpc) is 2.76. The first-order valence-corrected chi connectivity index (χ1v) is 4.06. The first-order chi connectivity index (χ1) is 6.40. The lowest BCUT2D eigenvalue weighted by Gasteiger charge is -2.04. The van der Waals surface area contributed by atoms with Crippen LogP contribution in [0.25, 0.3) is 0 Å². The summed E-state index contributed by atoms with van der Waals surface area (Å²) in [6.45, 7) is 0.784. The number of hydrogen-bond donors (Lipinski definition) is 2. The van der Waals surface area contributed by atoms with Gasteiger partial charge in [-0.15, -0.1) is 0 Å². The van der Waals surface area contributed by atoms with Gasteiger partial charge in [-0.1, -0.05) is 0 Å². The van der Waals surface area contributed by atoms with Crippen molar-refractivity contribution in [2.24, 2.45) is 0 Å². The van der Waals surface area contributed by atoms with Crippen LogP contribution in [0.5, 0.6) is 0 Å². The Morgan fingerprint density at radius 1 is 1.62 bits per heavy atom. The molecule has 0 fully saturated rings. The van der Waals surface area contributed by atoms with Crippen molar-refractivity contribution >= 4 is 5.95 Å². The molecule has 2 N–H and O–H groups in total. The van der Waals surface area contributed by atoms with E-state index in [0.717, 1.165) is 18.1 Å². The highest BCUT2D eigenvalue weighted by Crippen LogP contribution is 2.06. The van der Waals surface area contributed by atoms with Crippen LogP contribution >= 0.6 is 0 Å². The number of H-pyrrole nitrogens is 1. The fourth-order valence-corrected chi connectivity index (χ4v) is 1.23. The van der Waals surface area contributed by atoms with Crippen molar-refractivity contribution in [3.8, 4) is 0 Å². The van der Waals surface area contributed by atoms with Crippen LogP contribution in [0.1, 0.15) is 5.56 Å². The Hall–Kier alpha value is -1.78. The topological polar surface area (TPSA) is 58.5 Å². The van der Waals surface area contributed by atoms with E-state index < -0.39 is 0 Å². The Morgan fingerprint density at radius 2 is 2.54 bits per heavy atom. The maximum Gasteiger partial charge on any atom is 0.202 e. The molecule has 0 bridgehead atoms. The van der Waals surface area contributed by atoms with Crippen LogP contribution in [-0.2, 0) is 6.54 Å². The molecular weight excluding hydrogens is 166 g/mol. The van der Waals surface area contributed by atoms with E-state index in [4.69, 9.17) is 0 Å². The van der Waals surface area contributed by atoms with Gasteiger partial charge in [0.05, 0.1) is 12.7 Å². The van der Waals surface area contributed by atoms with Gasteiger partial charge in [0.1, 0.15) is 0 Å². The number of nitrogens with one attached hydrogen (secondary N) is 2. The van der Waals surface area contributed by atoms with Crippen molar-refractivity contribution in [3.05, 3.63) is 30.4 Å². The van der Waals surface area contributed by atoms with E-state index in [1.54, 1.807) is 12.4 Å². The number of anilines is 1. The van der Waals surface area contributed by atoms with E-state index in [9.17, 15) is 0 Å². The van der Waals surface area contributed by atoms with Crippen LogP contribution in [-0.4, -0.2) is 26.8 Å². The molecular formula is C8H11N5. The second-order valence-electron chi connectivity index (χ2n) is 2.74. The van der Waals surface area contributed by atoms with Crippen LogP contribution in [0, 0.1) is 0 Å². The van der Waals surface area contributed by atoms with Gasteiger partial charge in [-0.2, -0.15) is 5.10 Å². The number of nitrogens with zero attached hydrogens (tertiary/aromatic N) is 3. The SMILES string of the molecule is CNc1nccn1Cc1cn[nH]c1. The van der Waals surface area contributed by atoms with Gasteiger partial charge in [0, 0.05) is 31.2 Å². The molecule has 5 heteroatoms. The van der Waals surface area contributed by atoms with E-state index in [2.05, 4.69) is 20.5 Å². The highest BCUT2D eigenvalue weighted by molar-refractivity contribution is 5.25. The molecule has 2 aromatic heterocycles. The molecule has 2 aromatic rings. The standard InChI is InChI=1S/C8H11N5/c1-9-8-10-2-3-13(8)6-7-4-11-12-5-7/h2-5H,6H2,1H3,(H,9,10)(H,11,12). The molecule has 0 atom stereocenters. The second-order valence-corrected chi connectivity index (χ2v) is 2.74. The number of imidazole rings is 1. The van der Waals surface area contributed by atoms with Crippen molar-refractivity contribution in [2.75, 3.05) is 12.4 Å². The van der Waals surface area contributed by atoms with Gasteiger partial charge in [-0.05, 0) is 0 Å². The van der Waals surface area contributed by atoms with Crippen LogP contribution in [0.3, 0.4) is 0 Å². The predicted octanol–water partition coefficient (Wildman–Crippen LogP) is 0.696. The molecule has 0 unspecified atom stereocenters. The molecule has 0 saturated heterocycles. The third-order valence-corrected chi connectivity index (χ3v) is 1.85. The number of aromatic nitrogens is 4. The summed E-state index contributed by atoms with van der Waals surface area (Å²) >= 11 is 0. The third-order valence-electron chi connectivity index (χ3n) is 1.85. The summed E-state index contributed by atoms with van der Waals surface area (Å²) in [5, 5.41) is 9.66. The first-order valence-electron chi connectivity index (χ1n) is 4.06. The molecule has 0 aromatic carbocycles. The van der Waals surface area contributed by atoms with Crippen molar-refractivity contribution in [3.63, 3.8) is 0 Å². The molecule has 0 aliphatic carbocycles. The highest BCUT2D eigenvalue weighted by atomic mass is 15.2. The third kappa shape index (κ3) is 1.53. The molecule has 0 radical (unpaired) electrons. The summed E-state index contributed by atoms with van der Waals surface area (Å²) in [4.78, 5) is 4.14. The molecule has 0 spiro atoms. The Labute approximate surface area is 75.8 Å². The molecule has 5 nitrogen and oxygen atoms in total. The monoisotopic (exact) mass is 177 g/mol. The Morgan fingerprint density at radius 3 is 3.23 bits per heavy atom. The normalized spacial score (nSPS) is 10.2. The Balaban J connectivity index is 2.18. The largest absolute Gasteiger partial charge is 0.359 e. The summed E-state index contributed by atoms with van der Waals surface area (Å²) in [5.41, 5.74) is 1.13. The zero-order chi connectivity index (χ0) is 9.10. The van der Waals surface area contributed by atoms with E-state index in [1.165, 1.54) is 0 Å². The first kappa shape index (κ1) is 7.85. The summed E-state index contributed by atoms with van der Waals surface area (Å²) in [6, 6.07) is 0. The second kappa shape index (κ2) is 3.30. The average molecular weight is 177 g/mol. The fourth-order valence-electron chi connectivity index (χ4n) is 1.23. The van der Waals surface area contributed by atoms with Gasteiger partial charge < -0.3 is 9.88 Å². The molecule has 13 heavy (non-hydrogen) atoms. The minimum Gasteiger partial charge on any atom is -0.359 e. The van der Waals surface area contributed by atoms with Gasteiger partial charge >= 0.3 is 0 Å². The van der Waals surface area contributed by atoms with Crippen molar-refractivity contribution in [2.45, 2.75) is 6.54 Å². The molecule has 2 heterocycles. The Kier molecular flexibility index (Phi) is 1.99. The lowest BCUT2D eigenvalue weighted by Crippen LogP contribution is -2.03. The fraction of sp³-hybridized carbons (Fsp3) is 0.250. The highest BCUT2D eigenvalue weighted by Gasteiger charge is 2.00. The van der Waals surface area contributed by atoms with Gasteiger partial charge in [-0.25, -0.2) is 4.98 Å². The smallest absolute Gasteiger partial charge is 0.202 e. The summed E-state index contributed by atoms with van der Waals surface area (Å²) in [7, 11) is 1.86. The van der Waals surface area contributed by atoms with Crippen molar-refractivity contribution in [1.29, 1.82) is 0 Å². The predicted molar refractivity (Wildman–Crippen MR) is 49.5 cm³/mol. The minimum atomic E-state index is 0.784. The zero-order valence-corrected chi connectivity index (χ0v) is 7.36. The molecule has 2 rings (SSSR count). The van der Waals surface area contributed by atoms with Gasteiger partial charge in [0.25, 0.3) is 0 Å². The van der Waals surface area contributed by atoms with Gasteiger partial charge in [0.2, 0.25) is 5.95 Å². The van der Waals surface area contributed by atoms with Crippen molar-refractivity contribution < 1.29 is 0 Å². The van der Waals surface area contributed by atoms with Gasteiger partial charge in [-0.3, -0.25) is 5.10 Å². The van der Waals surface area contributed by atoms with Crippen molar-refractivity contribution in [1.82, 2.24) is 19.7 Å². The van der Waals surface area contributed by atoms with Crippen LogP contribution in [0.4, 0.5) is 5.95 Å².